The number of pyridine rings is 1. The number of aromatic nitrogens is 1. The van der Waals surface area contributed by atoms with Crippen molar-refractivity contribution in [1.29, 1.82) is 0 Å². The van der Waals surface area contributed by atoms with E-state index in [-0.39, 0.29) is 6.04 Å². The van der Waals surface area contributed by atoms with Gasteiger partial charge in [-0.25, -0.2) is 0 Å². The van der Waals surface area contributed by atoms with Crippen LogP contribution >= 0.6 is 27.3 Å². The molecule has 0 aromatic carbocycles. The van der Waals surface area contributed by atoms with Crippen LogP contribution in [0.1, 0.15) is 22.0 Å². The maximum absolute atomic E-state index is 5.62. The van der Waals surface area contributed by atoms with Gasteiger partial charge in [0, 0.05) is 23.7 Å². The maximum atomic E-state index is 5.62. The molecule has 0 aliphatic carbocycles. The lowest BCUT2D eigenvalue weighted by Gasteiger charge is -2.15. The second kappa shape index (κ2) is 5.73. The second-order valence-electron chi connectivity index (χ2n) is 3.92. The average Bonchev–Trinajstić information content (AvgIpc) is 2.72. The summed E-state index contributed by atoms with van der Waals surface area (Å²) in [5.41, 5.74) is 5.13. The predicted octanol–water partition coefficient (Wildman–Crippen LogP) is 2.96. The van der Waals surface area contributed by atoms with E-state index < -0.39 is 0 Å². The van der Waals surface area contributed by atoms with Gasteiger partial charge in [0.15, 0.2) is 0 Å². The van der Waals surface area contributed by atoms with E-state index in [4.69, 9.17) is 5.84 Å². The molecule has 0 fully saturated rings. The van der Waals surface area contributed by atoms with E-state index in [2.05, 4.69) is 44.5 Å². The molecule has 1 unspecified atom stereocenters. The van der Waals surface area contributed by atoms with Crippen LogP contribution in [0.4, 0.5) is 0 Å². The van der Waals surface area contributed by atoms with Gasteiger partial charge in [-0.15, -0.1) is 11.3 Å². The highest BCUT2D eigenvalue weighted by Crippen LogP contribution is 2.26. The molecule has 0 radical (unpaired) electrons. The van der Waals surface area contributed by atoms with Gasteiger partial charge in [0.2, 0.25) is 0 Å². The monoisotopic (exact) mass is 311 g/mol. The Balaban J connectivity index is 2.16. The minimum absolute atomic E-state index is 0.105. The normalized spacial score (nSPS) is 12.6. The number of thiophene rings is 1. The third-order valence-electron chi connectivity index (χ3n) is 2.53. The van der Waals surface area contributed by atoms with Crippen molar-refractivity contribution in [3.63, 3.8) is 0 Å². The summed E-state index contributed by atoms with van der Waals surface area (Å²) >= 11 is 5.20. The van der Waals surface area contributed by atoms with Crippen molar-refractivity contribution < 1.29 is 0 Å². The zero-order valence-corrected chi connectivity index (χ0v) is 11.9. The van der Waals surface area contributed by atoms with Crippen LogP contribution < -0.4 is 11.3 Å². The maximum Gasteiger partial charge on any atom is 0.0701 e. The fraction of sp³-hybridized carbons (Fsp3) is 0.250. The number of hydrogen-bond donors (Lipinski definition) is 2. The number of aryl methyl sites for hydroxylation is 1. The molecule has 0 saturated heterocycles. The fourth-order valence-electron chi connectivity index (χ4n) is 1.70. The molecule has 0 bridgehead atoms. The lowest BCUT2D eigenvalue weighted by Crippen LogP contribution is -2.29. The van der Waals surface area contributed by atoms with Crippen LogP contribution in [-0.4, -0.2) is 4.98 Å². The SMILES string of the molecule is Cc1cncc(C(Cc2ccc(Br)s2)NN)c1. The van der Waals surface area contributed by atoms with E-state index >= 15 is 0 Å². The molecule has 2 aromatic rings. The van der Waals surface area contributed by atoms with Crippen molar-refractivity contribution >= 4 is 27.3 Å². The van der Waals surface area contributed by atoms with E-state index in [0.717, 1.165) is 21.3 Å². The van der Waals surface area contributed by atoms with E-state index in [9.17, 15) is 0 Å². The number of hydrogen-bond acceptors (Lipinski definition) is 4. The molecule has 1 atom stereocenters. The lowest BCUT2D eigenvalue weighted by molar-refractivity contribution is 0.553. The smallest absolute Gasteiger partial charge is 0.0701 e. The van der Waals surface area contributed by atoms with Crippen molar-refractivity contribution in [2.24, 2.45) is 5.84 Å². The Labute approximate surface area is 113 Å². The molecule has 3 nitrogen and oxygen atoms in total. The zero-order chi connectivity index (χ0) is 12.3. The van der Waals surface area contributed by atoms with Crippen molar-refractivity contribution in [3.8, 4) is 0 Å². The molecule has 5 heteroatoms. The number of nitrogens with zero attached hydrogens (tertiary/aromatic N) is 1. The summed E-state index contributed by atoms with van der Waals surface area (Å²) in [5, 5.41) is 0. The third-order valence-corrected chi connectivity index (χ3v) is 4.18. The predicted molar refractivity (Wildman–Crippen MR) is 74.8 cm³/mol. The molecular formula is C12H14BrN3S. The van der Waals surface area contributed by atoms with Gasteiger partial charge in [-0.2, -0.15) is 0 Å². The molecule has 0 saturated carbocycles. The van der Waals surface area contributed by atoms with Gasteiger partial charge in [-0.05, 0) is 46.1 Å². The number of nitrogens with two attached hydrogens (primary N) is 1. The van der Waals surface area contributed by atoms with Crippen LogP contribution in [0.2, 0.25) is 0 Å². The Morgan fingerprint density at radius 1 is 1.47 bits per heavy atom. The number of rotatable bonds is 4. The van der Waals surface area contributed by atoms with Gasteiger partial charge in [-0.3, -0.25) is 16.3 Å². The summed E-state index contributed by atoms with van der Waals surface area (Å²) in [4.78, 5) is 5.49. The van der Waals surface area contributed by atoms with Crippen molar-refractivity contribution in [1.82, 2.24) is 10.4 Å². The first kappa shape index (κ1) is 12.7. The summed E-state index contributed by atoms with van der Waals surface area (Å²) in [5.74, 6) is 5.62. The second-order valence-corrected chi connectivity index (χ2v) is 6.47. The minimum Gasteiger partial charge on any atom is -0.271 e. The van der Waals surface area contributed by atoms with E-state index in [1.54, 1.807) is 11.3 Å². The highest BCUT2D eigenvalue weighted by atomic mass is 79.9. The van der Waals surface area contributed by atoms with Crippen molar-refractivity contribution in [2.75, 3.05) is 0 Å². The highest BCUT2D eigenvalue weighted by molar-refractivity contribution is 9.11. The van der Waals surface area contributed by atoms with Gasteiger partial charge < -0.3 is 0 Å². The van der Waals surface area contributed by atoms with Gasteiger partial charge in [0.25, 0.3) is 0 Å². The standard InChI is InChI=1S/C12H14BrN3S/c1-8-4-9(7-15-6-8)11(16-14)5-10-2-3-12(13)17-10/h2-4,6-7,11,16H,5,14H2,1H3. The third kappa shape index (κ3) is 3.35. The fourth-order valence-corrected chi connectivity index (χ4v) is 3.23. The van der Waals surface area contributed by atoms with Crippen LogP contribution in [0.15, 0.2) is 34.4 Å². The Morgan fingerprint density at radius 2 is 2.29 bits per heavy atom. The highest BCUT2D eigenvalue weighted by Gasteiger charge is 2.12. The van der Waals surface area contributed by atoms with Gasteiger partial charge in [0.05, 0.1) is 9.83 Å². The molecule has 90 valence electrons. The van der Waals surface area contributed by atoms with Gasteiger partial charge in [-0.1, -0.05) is 6.07 Å². The Kier molecular flexibility index (Phi) is 4.28. The molecular weight excluding hydrogens is 298 g/mol. The van der Waals surface area contributed by atoms with Gasteiger partial charge in [0.1, 0.15) is 0 Å². The molecule has 17 heavy (non-hydrogen) atoms. The van der Waals surface area contributed by atoms with Gasteiger partial charge >= 0.3 is 0 Å². The lowest BCUT2D eigenvalue weighted by atomic mass is 10.0. The van der Waals surface area contributed by atoms with Crippen LogP contribution in [0, 0.1) is 6.92 Å². The number of halogens is 1. The number of nitrogens with one attached hydrogen (secondary N) is 1. The molecule has 0 aliphatic heterocycles. The first-order valence-electron chi connectivity index (χ1n) is 5.31. The first-order chi connectivity index (χ1) is 8.19. The van der Waals surface area contributed by atoms with E-state index in [1.807, 2.05) is 19.3 Å². The summed E-state index contributed by atoms with van der Waals surface area (Å²) in [6.45, 7) is 2.03. The summed E-state index contributed by atoms with van der Waals surface area (Å²) in [6, 6.07) is 6.39. The zero-order valence-electron chi connectivity index (χ0n) is 9.48. The van der Waals surface area contributed by atoms with E-state index in [1.165, 1.54) is 4.88 Å². The summed E-state index contributed by atoms with van der Waals surface area (Å²) in [7, 11) is 0. The molecule has 2 heterocycles. The topological polar surface area (TPSA) is 50.9 Å². The minimum atomic E-state index is 0.105. The quantitative estimate of drug-likeness (QED) is 0.674. The molecule has 0 amide bonds. The first-order valence-corrected chi connectivity index (χ1v) is 6.92. The molecule has 3 N–H and O–H groups in total. The summed E-state index contributed by atoms with van der Waals surface area (Å²) in [6.07, 6.45) is 4.58. The van der Waals surface area contributed by atoms with Crippen LogP contribution in [-0.2, 0) is 6.42 Å². The van der Waals surface area contributed by atoms with Crippen molar-refractivity contribution in [3.05, 3.63) is 50.4 Å². The molecule has 0 spiro atoms. The van der Waals surface area contributed by atoms with Crippen LogP contribution in [0.25, 0.3) is 0 Å². The molecule has 2 rings (SSSR count). The molecule has 2 aromatic heterocycles. The van der Waals surface area contributed by atoms with Crippen LogP contribution in [0.3, 0.4) is 0 Å². The Bertz CT molecular complexity index is 498. The number of hydrazine groups is 1. The van der Waals surface area contributed by atoms with Crippen molar-refractivity contribution in [2.45, 2.75) is 19.4 Å². The Morgan fingerprint density at radius 3 is 2.88 bits per heavy atom. The van der Waals surface area contributed by atoms with E-state index in [0.29, 0.717) is 0 Å². The average molecular weight is 312 g/mol. The Hall–Kier alpha value is -0.750. The summed E-state index contributed by atoms with van der Waals surface area (Å²) < 4.78 is 1.14. The van der Waals surface area contributed by atoms with Crippen LogP contribution in [0.5, 0.6) is 0 Å². The molecule has 0 aliphatic rings. The largest absolute Gasteiger partial charge is 0.271 e.